The molecule has 4 nitrogen and oxygen atoms in total. The lowest BCUT2D eigenvalue weighted by Gasteiger charge is -1.84. The molecule has 0 heterocycles. The molecule has 0 aliphatic heterocycles. The number of carbonyl (C=O) groups is 1. The van der Waals surface area contributed by atoms with E-state index in [1.54, 1.807) is 18.2 Å². The van der Waals surface area contributed by atoms with Gasteiger partial charge < -0.3 is 0 Å². The van der Waals surface area contributed by atoms with Crippen molar-refractivity contribution in [3.63, 3.8) is 0 Å². The quantitative estimate of drug-likeness (QED) is 0.482. The van der Waals surface area contributed by atoms with Crippen LogP contribution in [-0.2, 0) is 0 Å². The van der Waals surface area contributed by atoms with Crippen LogP contribution in [-0.4, -0.2) is 16.0 Å². The predicted molar refractivity (Wildman–Crippen MR) is 36.2 cm³/mol. The van der Waals surface area contributed by atoms with Crippen molar-refractivity contribution in [1.82, 2.24) is 0 Å². The summed E-state index contributed by atoms with van der Waals surface area (Å²) in [5.41, 5.74) is 0.171. The third-order valence-electron chi connectivity index (χ3n) is 1.19. The summed E-state index contributed by atoms with van der Waals surface area (Å²) in [6.45, 7) is 0. The Morgan fingerprint density at radius 1 is 1.27 bits per heavy atom. The highest BCUT2D eigenvalue weighted by molar-refractivity contribution is 5.86. The maximum absolute atomic E-state index is 10.7. The Morgan fingerprint density at radius 2 is 1.82 bits per heavy atom. The highest BCUT2D eigenvalue weighted by atomic mass is 16.6. The number of hydrogen-bond donors (Lipinski definition) is 1. The molecule has 0 saturated carbocycles. The maximum atomic E-state index is 10.7. The molecule has 11 heavy (non-hydrogen) atoms. The Balaban J connectivity index is 2.95. The molecule has 56 valence electrons. The van der Waals surface area contributed by atoms with Crippen molar-refractivity contribution in [2.75, 3.05) is 0 Å². The van der Waals surface area contributed by atoms with E-state index in [1.807, 2.05) is 0 Å². The number of nitrogens with zero attached hydrogens (tertiary/aromatic N) is 1. The van der Waals surface area contributed by atoms with Crippen molar-refractivity contribution in [1.29, 1.82) is 0 Å². The van der Waals surface area contributed by atoms with Gasteiger partial charge in [0.05, 0.1) is 4.91 Å². The van der Waals surface area contributed by atoms with E-state index in [9.17, 15) is 9.70 Å². The van der Waals surface area contributed by atoms with E-state index in [2.05, 4.69) is 0 Å². The van der Waals surface area contributed by atoms with Crippen LogP contribution in [0.15, 0.2) is 30.3 Å². The fourth-order valence-corrected chi connectivity index (χ4v) is 0.691. The highest BCUT2D eigenvalue weighted by Gasteiger charge is 2.22. The molecule has 0 aromatic heterocycles. The third kappa shape index (κ3) is 1.61. The lowest BCUT2D eigenvalue weighted by atomic mass is 10.2. The Morgan fingerprint density at radius 3 is 2.27 bits per heavy atom. The van der Waals surface area contributed by atoms with E-state index in [-0.39, 0.29) is 5.56 Å². The van der Waals surface area contributed by atoms with Gasteiger partial charge in [-0.25, -0.2) is 10.0 Å². The second-order valence-corrected chi connectivity index (χ2v) is 1.94. The van der Waals surface area contributed by atoms with Crippen molar-refractivity contribution >= 4 is 5.91 Å². The molecule has 0 fully saturated rings. The summed E-state index contributed by atoms with van der Waals surface area (Å²) in [5.74, 6) is -0.953. The lowest BCUT2D eigenvalue weighted by molar-refractivity contribution is -0.714. The monoisotopic (exact) mass is 152 g/mol. The minimum atomic E-state index is -0.953. The van der Waals surface area contributed by atoms with Crippen LogP contribution in [0.2, 0.25) is 0 Å². The predicted octanol–water partition coefficient (Wildman–Crippen LogP) is 0.995. The topological polar surface area (TPSA) is 57.4 Å². The molecular weight excluding hydrogens is 146 g/mol. The summed E-state index contributed by atoms with van der Waals surface area (Å²) in [6.07, 6.45) is 0. The first-order chi connectivity index (χ1) is 5.22. The molecule has 0 bridgehead atoms. The summed E-state index contributed by atoms with van der Waals surface area (Å²) < 4.78 is 0. The zero-order valence-electron chi connectivity index (χ0n) is 5.60. The minimum Gasteiger partial charge on any atom is -0.238 e. The molecule has 0 aliphatic rings. The van der Waals surface area contributed by atoms with Crippen LogP contribution in [0.5, 0.6) is 0 Å². The number of hydrogen-bond acceptors (Lipinski definition) is 2. The van der Waals surface area contributed by atoms with Crippen molar-refractivity contribution in [2.45, 2.75) is 0 Å². The largest absolute Gasteiger partial charge is 0.522 e. The van der Waals surface area contributed by atoms with Gasteiger partial charge in [-0.2, -0.15) is 0 Å². The average molecular weight is 152 g/mol. The van der Waals surface area contributed by atoms with E-state index in [1.165, 1.54) is 12.1 Å². The van der Waals surface area contributed by atoms with Gasteiger partial charge in [0.2, 0.25) is 0 Å². The fraction of sp³-hybridized carbons (Fsp3) is 0. The van der Waals surface area contributed by atoms with Gasteiger partial charge in [-0.1, -0.05) is 18.2 Å². The first-order valence-corrected chi connectivity index (χ1v) is 2.97. The molecule has 0 spiro atoms. The number of benzene rings is 1. The summed E-state index contributed by atoms with van der Waals surface area (Å²) in [5, 5.41) is 8.20. The van der Waals surface area contributed by atoms with Crippen LogP contribution in [0, 0.1) is 4.91 Å². The summed E-state index contributed by atoms with van der Waals surface area (Å²) >= 11 is 0. The summed E-state index contributed by atoms with van der Waals surface area (Å²) in [7, 11) is 0. The van der Waals surface area contributed by atoms with Crippen LogP contribution in [0.4, 0.5) is 0 Å². The highest BCUT2D eigenvalue weighted by Crippen LogP contribution is 1.98. The SMILES string of the molecule is O=C(c1ccccc1)[N+](=O)O. The molecule has 0 unspecified atom stereocenters. The Hall–Kier alpha value is -1.71. The summed E-state index contributed by atoms with van der Waals surface area (Å²) in [6, 6.07) is 7.82. The first-order valence-electron chi connectivity index (χ1n) is 2.97. The van der Waals surface area contributed by atoms with Gasteiger partial charge in [0.25, 0.3) is 0 Å². The first kappa shape index (κ1) is 7.40. The van der Waals surface area contributed by atoms with Gasteiger partial charge >= 0.3 is 10.8 Å². The van der Waals surface area contributed by atoms with Crippen molar-refractivity contribution in [3.8, 4) is 0 Å². The van der Waals surface area contributed by atoms with E-state index in [4.69, 9.17) is 5.21 Å². The molecule has 0 aliphatic carbocycles. The van der Waals surface area contributed by atoms with Gasteiger partial charge in [0, 0.05) is 0 Å². The molecule has 4 heteroatoms. The lowest BCUT2D eigenvalue weighted by Crippen LogP contribution is -2.13. The van der Waals surface area contributed by atoms with Crippen LogP contribution in [0.25, 0.3) is 0 Å². The molecule has 0 radical (unpaired) electrons. The third-order valence-corrected chi connectivity index (χ3v) is 1.19. The fourth-order valence-electron chi connectivity index (χ4n) is 0.691. The van der Waals surface area contributed by atoms with Crippen molar-refractivity contribution in [3.05, 3.63) is 40.8 Å². The van der Waals surface area contributed by atoms with Gasteiger partial charge in [-0.3, -0.25) is 0 Å². The van der Waals surface area contributed by atoms with Crippen LogP contribution >= 0.6 is 0 Å². The van der Waals surface area contributed by atoms with Gasteiger partial charge in [0.15, 0.2) is 0 Å². The number of amides is 1. The van der Waals surface area contributed by atoms with Gasteiger partial charge in [-0.15, -0.1) is 0 Å². The Kier molecular flexibility index (Phi) is 1.96. The van der Waals surface area contributed by atoms with Crippen molar-refractivity contribution in [2.24, 2.45) is 0 Å². The average Bonchev–Trinajstić information content (AvgIpc) is 2.05. The zero-order valence-corrected chi connectivity index (χ0v) is 5.60. The van der Waals surface area contributed by atoms with E-state index >= 15 is 0 Å². The standard InChI is InChI=1S/C7H6NO3/c9-7(8(10)11)6-4-2-1-3-5-6/h1-5H,(H,10,11)/q+1. The van der Waals surface area contributed by atoms with Crippen molar-refractivity contribution < 1.29 is 14.9 Å². The van der Waals surface area contributed by atoms with E-state index < -0.39 is 10.8 Å². The normalized spacial score (nSPS) is 9.09. The maximum Gasteiger partial charge on any atom is 0.522 e. The molecule has 1 amide bonds. The molecule has 1 rings (SSSR count). The molecule has 0 atom stereocenters. The van der Waals surface area contributed by atoms with E-state index in [0.29, 0.717) is 0 Å². The molecule has 1 aromatic rings. The minimum absolute atomic E-state index is 0.171. The molecule has 1 N–H and O–H groups in total. The van der Waals surface area contributed by atoms with Crippen LogP contribution < -0.4 is 0 Å². The van der Waals surface area contributed by atoms with Crippen LogP contribution in [0.3, 0.4) is 0 Å². The number of rotatable bonds is 1. The van der Waals surface area contributed by atoms with Crippen LogP contribution in [0.1, 0.15) is 10.4 Å². The zero-order chi connectivity index (χ0) is 8.27. The summed E-state index contributed by atoms with van der Waals surface area (Å²) in [4.78, 5) is 20.1. The van der Waals surface area contributed by atoms with Gasteiger partial charge in [0.1, 0.15) is 5.56 Å². The molecule has 0 saturated heterocycles. The van der Waals surface area contributed by atoms with E-state index in [0.717, 1.165) is 0 Å². The molecule has 1 aromatic carbocycles. The number of carbonyl (C=O) groups excluding carboxylic acids is 1. The molecular formula is C7H6NO3+. The second kappa shape index (κ2) is 2.92. The Labute approximate surface area is 62.6 Å². The van der Waals surface area contributed by atoms with Gasteiger partial charge in [-0.05, 0) is 12.1 Å². The smallest absolute Gasteiger partial charge is 0.238 e. The second-order valence-electron chi connectivity index (χ2n) is 1.94. The Bertz CT molecular complexity index is 281.